The van der Waals surface area contributed by atoms with Crippen molar-refractivity contribution >= 4 is 36.0 Å². The molecular weight excluding hydrogens is 280 g/mol. The summed E-state index contributed by atoms with van der Waals surface area (Å²) in [5, 5.41) is 4.52. The van der Waals surface area contributed by atoms with Gasteiger partial charge >= 0.3 is 0 Å². The minimum Gasteiger partial charge on any atom is -0.349 e. The molecule has 0 aromatic heterocycles. The first kappa shape index (κ1) is 18.6. The molecule has 8 heteroatoms. The lowest BCUT2D eigenvalue weighted by molar-refractivity contribution is -0.136. The standard InChI is InChI=1S/C13H16N2O6/c16-7-2-3-10(18)11(19)9-15-13(21)5-1-4-12(20)14-6-8-17/h1-6,9H2,(H,14,20)(H,15,21). The monoisotopic (exact) mass is 296 g/mol. The fourth-order valence-corrected chi connectivity index (χ4v) is 1.30. The molecule has 2 N–H and O–H groups in total. The van der Waals surface area contributed by atoms with Gasteiger partial charge in [-0.1, -0.05) is 0 Å². The van der Waals surface area contributed by atoms with Crippen LogP contribution in [0.1, 0.15) is 32.1 Å². The summed E-state index contributed by atoms with van der Waals surface area (Å²) in [5.41, 5.74) is 0. The molecule has 2 amide bonds. The third-order valence-corrected chi connectivity index (χ3v) is 2.38. The van der Waals surface area contributed by atoms with Crippen molar-refractivity contribution in [1.29, 1.82) is 0 Å². The van der Waals surface area contributed by atoms with E-state index in [-0.39, 0.29) is 44.6 Å². The second-order valence-corrected chi connectivity index (χ2v) is 4.04. The van der Waals surface area contributed by atoms with Gasteiger partial charge in [0.2, 0.25) is 29.7 Å². The van der Waals surface area contributed by atoms with Crippen LogP contribution in [0, 0.1) is 0 Å². The summed E-state index contributed by atoms with van der Waals surface area (Å²) >= 11 is 0. The topological polar surface area (TPSA) is 126 Å². The maximum Gasteiger partial charge on any atom is 0.220 e. The third kappa shape index (κ3) is 10.1. The lowest BCUT2D eigenvalue weighted by atomic mass is 10.1. The van der Waals surface area contributed by atoms with Crippen molar-refractivity contribution in [3.63, 3.8) is 0 Å². The zero-order chi connectivity index (χ0) is 16.1. The Kier molecular flexibility index (Phi) is 10.1. The van der Waals surface area contributed by atoms with Crippen molar-refractivity contribution in [3.05, 3.63) is 0 Å². The number of Topliss-reactive ketones (excluding diaryl/α,β-unsaturated/α-hetero) is 2. The molecule has 21 heavy (non-hydrogen) atoms. The quantitative estimate of drug-likeness (QED) is 0.423. The number of hydrogen-bond donors (Lipinski definition) is 2. The summed E-state index contributed by atoms with van der Waals surface area (Å²) in [5.74, 6) is -2.35. The Hall–Kier alpha value is -2.38. The summed E-state index contributed by atoms with van der Waals surface area (Å²) in [6.07, 6.45) is 2.97. The van der Waals surface area contributed by atoms with Gasteiger partial charge in [0.15, 0.2) is 6.29 Å². The first-order valence-corrected chi connectivity index (χ1v) is 6.30. The number of carbonyl (C=O) groups is 4. The summed E-state index contributed by atoms with van der Waals surface area (Å²) in [7, 11) is 0. The molecule has 8 nitrogen and oxygen atoms in total. The Balaban J connectivity index is 3.77. The van der Waals surface area contributed by atoms with Crippen LogP contribution < -0.4 is 10.6 Å². The molecule has 0 fully saturated rings. The van der Waals surface area contributed by atoms with E-state index >= 15 is 0 Å². The minimum absolute atomic E-state index is 0.0157. The first-order valence-electron chi connectivity index (χ1n) is 6.30. The van der Waals surface area contributed by atoms with Crippen molar-refractivity contribution in [2.45, 2.75) is 32.1 Å². The minimum atomic E-state index is -0.780. The molecule has 0 aliphatic carbocycles. The summed E-state index contributed by atoms with van der Waals surface area (Å²) < 4.78 is 0. The third-order valence-electron chi connectivity index (χ3n) is 2.38. The normalized spacial score (nSPS) is 9.52. The van der Waals surface area contributed by atoms with E-state index in [0.29, 0.717) is 0 Å². The fourth-order valence-electron chi connectivity index (χ4n) is 1.30. The van der Waals surface area contributed by atoms with Crippen molar-refractivity contribution in [3.8, 4) is 0 Å². The van der Waals surface area contributed by atoms with Crippen LogP contribution in [0.2, 0.25) is 0 Å². The highest BCUT2D eigenvalue weighted by Gasteiger charge is 2.14. The number of carbonyl (C=O) groups excluding carboxylic acids is 6. The predicted octanol–water partition coefficient (Wildman–Crippen LogP) is -1.47. The molecule has 0 unspecified atom stereocenters. The van der Waals surface area contributed by atoms with Gasteiger partial charge in [-0.2, -0.15) is 0 Å². The molecule has 0 aromatic rings. The van der Waals surface area contributed by atoms with E-state index in [1.807, 2.05) is 0 Å². The van der Waals surface area contributed by atoms with Gasteiger partial charge in [0.1, 0.15) is 0 Å². The van der Waals surface area contributed by atoms with Crippen molar-refractivity contribution in [1.82, 2.24) is 10.6 Å². The van der Waals surface area contributed by atoms with Crippen LogP contribution in [0.3, 0.4) is 0 Å². The Bertz CT molecular complexity index is 419. The van der Waals surface area contributed by atoms with Gasteiger partial charge in [0, 0.05) is 25.7 Å². The molecule has 0 rings (SSSR count). The second kappa shape index (κ2) is 11.4. The van der Waals surface area contributed by atoms with E-state index < -0.39 is 24.0 Å². The van der Waals surface area contributed by atoms with Gasteiger partial charge in [-0.3, -0.25) is 28.8 Å². The average Bonchev–Trinajstić information content (AvgIpc) is 2.47. The maximum absolute atomic E-state index is 11.3. The SMILES string of the molecule is O=[C]CCC(=O)C(=O)CNC(=O)CCCC(=O)NC[C]=O. The molecule has 0 saturated heterocycles. The molecule has 0 aromatic carbocycles. The van der Waals surface area contributed by atoms with Crippen LogP contribution in [0.15, 0.2) is 0 Å². The van der Waals surface area contributed by atoms with Crippen LogP contribution in [0.4, 0.5) is 0 Å². The Morgan fingerprint density at radius 2 is 1.38 bits per heavy atom. The van der Waals surface area contributed by atoms with E-state index in [1.165, 1.54) is 12.6 Å². The smallest absolute Gasteiger partial charge is 0.220 e. The van der Waals surface area contributed by atoms with Crippen molar-refractivity contribution in [2.24, 2.45) is 0 Å². The maximum atomic E-state index is 11.3. The number of hydrogen-bond acceptors (Lipinski definition) is 6. The molecule has 114 valence electrons. The van der Waals surface area contributed by atoms with Crippen LogP contribution in [0.25, 0.3) is 0 Å². The van der Waals surface area contributed by atoms with Gasteiger partial charge in [0.25, 0.3) is 0 Å². The highest BCUT2D eigenvalue weighted by atomic mass is 16.2. The second-order valence-electron chi connectivity index (χ2n) is 4.04. The molecule has 2 radical (unpaired) electrons. The van der Waals surface area contributed by atoms with Gasteiger partial charge < -0.3 is 10.6 Å². The van der Waals surface area contributed by atoms with E-state index in [1.54, 1.807) is 0 Å². The molecule has 0 atom stereocenters. The molecule has 0 aliphatic rings. The van der Waals surface area contributed by atoms with E-state index in [4.69, 9.17) is 0 Å². The van der Waals surface area contributed by atoms with Crippen LogP contribution >= 0.6 is 0 Å². The van der Waals surface area contributed by atoms with Gasteiger partial charge in [-0.25, -0.2) is 0 Å². The highest BCUT2D eigenvalue weighted by Crippen LogP contribution is 1.95. The summed E-state index contributed by atoms with van der Waals surface area (Å²) in [4.78, 5) is 64.7. The summed E-state index contributed by atoms with van der Waals surface area (Å²) in [6, 6.07) is 0. The van der Waals surface area contributed by atoms with Crippen molar-refractivity contribution in [2.75, 3.05) is 13.1 Å². The fraction of sp³-hybridized carbons (Fsp3) is 0.538. The lowest BCUT2D eigenvalue weighted by Crippen LogP contribution is -2.33. The van der Waals surface area contributed by atoms with Crippen molar-refractivity contribution < 1.29 is 28.8 Å². The molecule has 0 saturated carbocycles. The predicted molar refractivity (Wildman–Crippen MR) is 70.5 cm³/mol. The Morgan fingerprint density at radius 3 is 1.95 bits per heavy atom. The molecule has 0 aliphatic heterocycles. The van der Waals surface area contributed by atoms with Gasteiger partial charge in [0.05, 0.1) is 13.1 Å². The highest BCUT2D eigenvalue weighted by molar-refractivity contribution is 6.38. The van der Waals surface area contributed by atoms with Crippen LogP contribution in [-0.2, 0) is 28.8 Å². The zero-order valence-corrected chi connectivity index (χ0v) is 11.4. The van der Waals surface area contributed by atoms with E-state index in [2.05, 4.69) is 10.6 Å². The van der Waals surface area contributed by atoms with E-state index in [0.717, 1.165) is 0 Å². The van der Waals surface area contributed by atoms with Gasteiger partial charge in [-0.15, -0.1) is 0 Å². The lowest BCUT2D eigenvalue weighted by Gasteiger charge is -2.04. The summed E-state index contributed by atoms with van der Waals surface area (Å²) in [6.45, 7) is -0.622. The number of amides is 2. The number of rotatable bonds is 12. The Labute approximate surface area is 121 Å². The molecule has 0 bridgehead atoms. The zero-order valence-electron chi connectivity index (χ0n) is 11.4. The van der Waals surface area contributed by atoms with Crippen LogP contribution in [0.5, 0.6) is 0 Å². The largest absolute Gasteiger partial charge is 0.349 e. The number of ketones is 2. The molecule has 0 spiro atoms. The van der Waals surface area contributed by atoms with Gasteiger partial charge in [-0.05, 0) is 6.42 Å². The first-order chi connectivity index (χ1) is 10.0. The average molecular weight is 296 g/mol. The Morgan fingerprint density at radius 1 is 0.762 bits per heavy atom. The van der Waals surface area contributed by atoms with E-state index in [9.17, 15) is 28.8 Å². The molecular formula is C13H16N2O6. The van der Waals surface area contributed by atoms with Crippen LogP contribution in [-0.4, -0.2) is 49.0 Å². The number of nitrogens with one attached hydrogen (secondary N) is 2. The molecule has 0 heterocycles.